The Balaban J connectivity index is 0.700. The smallest absolute Gasteiger partial charge is 0.309 e. The number of allylic oxidation sites excluding steroid dienone is 1. The van der Waals surface area contributed by atoms with Crippen LogP contribution in [-0.2, 0) is 80.6 Å². The summed E-state index contributed by atoms with van der Waals surface area (Å²) in [6.07, 6.45) is -13.9. The van der Waals surface area contributed by atoms with Crippen molar-refractivity contribution in [1.82, 2.24) is 0 Å². The monoisotopic (exact) mass is 1120 g/mol. The van der Waals surface area contributed by atoms with E-state index in [9.17, 15) is 40.5 Å². The van der Waals surface area contributed by atoms with Gasteiger partial charge in [0.2, 0.25) is 5.79 Å². The van der Waals surface area contributed by atoms with E-state index in [1.54, 1.807) is 21.1 Å². The number of fused-ring (bicyclic) bond motifs is 3. The molecular formula is C54H84O24. The number of hydrogen-bond acceptors (Lipinski definition) is 24. The molecule has 78 heavy (non-hydrogen) atoms. The predicted octanol–water partition coefficient (Wildman–Crippen LogP) is 0.336. The van der Waals surface area contributed by atoms with Crippen LogP contribution in [0.25, 0.3) is 0 Å². The van der Waals surface area contributed by atoms with Crippen LogP contribution in [0.4, 0.5) is 0 Å². The number of esters is 1. The van der Waals surface area contributed by atoms with Crippen LogP contribution >= 0.6 is 0 Å². The van der Waals surface area contributed by atoms with E-state index in [0.717, 1.165) is 32.1 Å². The van der Waals surface area contributed by atoms with Crippen molar-refractivity contribution in [3.63, 3.8) is 0 Å². The number of carbonyl (C=O) groups is 1. The summed E-state index contributed by atoms with van der Waals surface area (Å²) in [5.74, 6) is -1.08. The van der Waals surface area contributed by atoms with Crippen molar-refractivity contribution in [2.75, 3.05) is 41.2 Å². The highest BCUT2D eigenvalue weighted by molar-refractivity contribution is 5.74. The highest BCUT2D eigenvalue weighted by Crippen LogP contribution is 2.57. The Morgan fingerprint density at radius 1 is 0.641 bits per heavy atom. The number of hydrogen-bond donors (Lipinski definition) is 7. The van der Waals surface area contributed by atoms with Crippen molar-refractivity contribution in [2.24, 2.45) is 23.2 Å². The SMILES string of the molecule is CO[C@H]1C[C@H](O[C@H]2[C@@H](OC)C[C@H](O[C@@H]3[C@@H](C)O[C@H](O[C@H]4CC[C@@]5(C)C(=CC[C@H]6C(=O)OC7CO[C@]8(C)OC=C(CC[C@@H]65)[C@H]78)C4)C[C@H]3OC)O[C@@H]2C)O[C@@H](C)[C@@H]1O[C@@H]1O[C@H](CO)[C@@H](O[C@@H]2O[C@H](CO)[C@@H](O)[C@H](O)[C@H]2O)[C@H](O)[C@H]1O. The molecule has 10 rings (SSSR count). The minimum Gasteiger partial charge on any atom is -0.469 e. The Morgan fingerprint density at radius 2 is 1.18 bits per heavy atom. The lowest BCUT2D eigenvalue weighted by Crippen LogP contribution is -2.65. The third-order valence-corrected chi connectivity index (χ3v) is 18.7. The molecule has 8 fully saturated rings. The fourth-order valence-electron chi connectivity index (χ4n) is 14.2. The van der Waals surface area contributed by atoms with E-state index in [0.29, 0.717) is 25.9 Å². The molecule has 24 nitrogen and oxygen atoms in total. The standard InChI is InChI=1S/C54H84O24/c1-23-46(31(63-6)16-37(68-23)71-28-13-14-53(4)27(15-28)10-11-29-30(53)12-9-26-21-66-54(5)40(26)36(22-67-54)72-50(29)62)75-38-17-32(64-7)47(24(2)69-38)76-39-18-33(65-8)48(25(3)70-39)77-52-45(61)43(59)49(35(20-56)74-52)78-51-44(60)42(58)41(57)34(19-55)73-51/h10,21,23-25,28-49,51-52,55-61H,9,11-20,22H2,1-8H3/t23-,24-,25+,28+,29-,30+,31-,32+,33+,34-,35-,36?,37-,38+,39+,40-,41-,42+,43-,44-,45-,46-,47-,48+,49-,51+,52+,53+,54+/m1/s1. The van der Waals surface area contributed by atoms with E-state index in [1.165, 1.54) is 18.3 Å². The van der Waals surface area contributed by atoms with Gasteiger partial charge < -0.3 is 112 Å². The average molecular weight is 1120 g/mol. The van der Waals surface area contributed by atoms with Crippen LogP contribution in [0, 0.1) is 23.2 Å². The van der Waals surface area contributed by atoms with Gasteiger partial charge in [0.15, 0.2) is 31.5 Å². The molecule has 0 radical (unpaired) electrons. The quantitative estimate of drug-likeness (QED) is 0.0859. The molecule has 444 valence electrons. The Hall–Kier alpha value is -2.09. The van der Waals surface area contributed by atoms with E-state index in [4.69, 9.17) is 75.8 Å². The summed E-state index contributed by atoms with van der Waals surface area (Å²) in [5.41, 5.74) is 2.33. The second kappa shape index (κ2) is 24.2. The van der Waals surface area contributed by atoms with Gasteiger partial charge in [-0.2, -0.15) is 0 Å². The average Bonchev–Trinajstić information content (AvgIpc) is 4.00. The first-order valence-corrected chi connectivity index (χ1v) is 28.0. The lowest BCUT2D eigenvalue weighted by atomic mass is 9.55. The summed E-state index contributed by atoms with van der Waals surface area (Å²) in [5, 5.41) is 73.2. The van der Waals surface area contributed by atoms with Gasteiger partial charge in [0.25, 0.3) is 0 Å². The van der Waals surface area contributed by atoms with E-state index >= 15 is 0 Å². The summed E-state index contributed by atoms with van der Waals surface area (Å²) in [6.45, 7) is 8.69. The van der Waals surface area contributed by atoms with Crippen LogP contribution in [0.15, 0.2) is 23.5 Å². The fourth-order valence-corrected chi connectivity index (χ4v) is 14.2. The largest absolute Gasteiger partial charge is 0.469 e. The Kier molecular flexibility index (Phi) is 18.4. The summed E-state index contributed by atoms with van der Waals surface area (Å²) in [7, 11) is 4.74. The number of methoxy groups -OCH3 is 3. The molecule has 0 aromatic rings. The van der Waals surface area contributed by atoms with Gasteiger partial charge in [-0.05, 0) is 76.2 Å². The third-order valence-electron chi connectivity index (χ3n) is 18.7. The number of aliphatic hydroxyl groups is 7. The Labute approximate surface area is 454 Å². The Morgan fingerprint density at radius 3 is 1.76 bits per heavy atom. The zero-order chi connectivity index (χ0) is 55.5. The van der Waals surface area contributed by atoms with Crippen molar-refractivity contribution >= 4 is 5.97 Å². The molecule has 0 spiro atoms. The van der Waals surface area contributed by atoms with Gasteiger partial charge in [0.1, 0.15) is 73.2 Å². The number of rotatable bonds is 15. The molecule has 1 saturated carbocycles. The molecule has 0 bridgehead atoms. The minimum absolute atomic E-state index is 0.0746. The topological polar surface area (TPSA) is 306 Å². The normalized spacial score (nSPS) is 51.6. The highest BCUT2D eigenvalue weighted by Gasteiger charge is 2.59. The van der Waals surface area contributed by atoms with Crippen LogP contribution < -0.4 is 0 Å². The predicted molar refractivity (Wildman–Crippen MR) is 263 cm³/mol. The molecule has 7 N–H and O–H groups in total. The van der Waals surface area contributed by atoms with Gasteiger partial charge in [-0.1, -0.05) is 18.6 Å². The molecule has 1 unspecified atom stereocenters. The first-order valence-electron chi connectivity index (χ1n) is 28.0. The molecular weight excluding hydrogens is 1030 g/mol. The third kappa shape index (κ3) is 11.4. The van der Waals surface area contributed by atoms with Gasteiger partial charge in [-0.3, -0.25) is 4.79 Å². The number of carbonyl (C=O) groups excluding carboxylic acids is 1. The maximum Gasteiger partial charge on any atom is 0.309 e. The summed E-state index contributed by atoms with van der Waals surface area (Å²) < 4.78 is 98.6. The van der Waals surface area contributed by atoms with Crippen LogP contribution in [-0.4, -0.2) is 236 Å². The van der Waals surface area contributed by atoms with Gasteiger partial charge in [-0.15, -0.1) is 0 Å². The lowest BCUT2D eigenvalue weighted by Gasteiger charge is -2.51. The van der Waals surface area contributed by atoms with E-state index in [1.807, 2.05) is 27.0 Å². The molecule has 24 heteroatoms. The van der Waals surface area contributed by atoms with Crippen LogP contribution in [0.3, 0.4) is 0 Å². The number of ether oxygens (including phenoxy) is 16. The van der Waals surface area contributed by atoms with Crippen molar-refractivity contribution in [2.45, 2.75) is 246 Å². The van der Waals surface area contributed by atoms with Crippen molar-refractivity contribution < 1.29 is 116 Å². The summed E-state index contributed by atoms with van der Waals surface area (Å²) >= 11 is 0. The zero-order valence-electron chi connectivity index (χ0n) is 45.8. The number of aliphatic hydroxyl groups excluding tert-OH is 7. The maximum absolute atomic E-state index is 13.8. The van der Waals surface area contributed by atoms with Crippen LogP contribution in [0.5, 0.6) is 0 Å². The molecule has 0 amide bonds. The van der Waals surface area contributed by atoms with E-state index in [-0.39, 0.29) is 53.9 Å². The first kappa shape index (κ1) is 59.1. The van der Waals surface area contributed by atoms with Crippen LogP contribution in [0.1, 0.15) is 92.4 Å². The summed E-state index contributed by atoms with van der Waals surface area (Å²) in [6, 6.07) is 0. The molecule has 10 aliphatic rings. The second-order valence-corrected chi connectivity index (χ2v) is 23.4. The minimum atomic E-state index is -1.80. The van der Waals surface area contributed by atoms with E-state index < -0.39 is 148 Å². The molecule has 8 heterocycles. The van der Waals surface area contributed by atoms with E-state index in [2.05, 4.69) is 13.0 Å². The molecule has 2 aliphatic carbocycles. The first-order chi connectivity index (χ1) is 37.3. The van der Waals surface area contributed by atoms with Crippen molar-refractivity contribution in [3.05, 3.63) is 23.5 Å². The van der Waals surface area contributed by atoms with Gasteiger partial charge in [-0.25, -0.2) is 0 Å². The molecule has 29 atom stereocenters. The van der Waals surface area contributed by atoms with Gasteiger partial charge in [0.05, 0.1) is 80.6 Å². The Bertz CT molecular complexity index is 2100. The van der Waals surface area contributed by atoms with Crippen molar-refractivity contribution in [3.8, 4) is 0 Å². The fraction of sp³-hybridized carbons (Fsp3) is 0.907. The van der Waals surface area contributed by atoms with Gasteiger partial charge >= 0.3 is 5.97 Å². The lowest BCUT2D eigenvalue weighted by molar-refractivity contribution is -0.376. The zero-order valence-corrected chi connectivity index (χ0v) is 45.8. The maximum atomic E-state index is 13.8. The van der Waals surface area contributed by atoms with Gasteiger partial charge in [0, 0.05) is 47.5 Å². The molecule has 0 aromatic heterocycles. The molecule has 7 saturated heterocycles. The summed E-state index contributed by atoms with van der Waals surface area (Å²) in [4.78, 5) is 13.8. The highest BCUT2D eigenvalue weighted by atomic mass is 16.8. The van der Waals surface area contributed by atoms with Crippen molar-refractivity contribution in [1.29, 1.82) is 0 Å². The molecule has 8 aliphatic heterocycles. The molecule has 0 aromatic carbocycles. The van der Waals surface area contributed by atoms with Crippen LogP contribution in [0.2, 0.25) is 0 Å². The second-order valence-electron chi connectivity index (χ2n) is 23.4.